The largest absolute Gasteiger partial charge is 0.488 e. The number of hydrogen-bond donors (Lipinski definition) is 0. The van der Waals surface area contributed by atoms with Crippen LogP contribution in [0.15, 0.2) is 41.8 Å². The van der Waals surface area contributed by atoms with Crippen LogP contribution in [-0.2, 0) is 6.61 Å². The van der Waals surface area contributed by atoms with Crippen LogP contribution < -0.4 is 9.64 Å². The van der Waals surface area contributed by atoms with Crippen molar-refractivity contribution in [1.29, 1.82) is 0 Å². The Morgan fingerprint density at radius 3 is 2.53 bits per heavy atom. The van der Waals surface area contributed by atoms with Gasteiger partial charge >= 0.3 is 0 Å². The van der Waals surface area contributed by atoms with E-state index in [0.717, 1.165) is 89.9 Å². The Morgan fingerprint density at radius 2 is 1.79 bits per heavy atom. The molecular weight excluding hydrogens is 492 g/mol. The van der Waals surface area contributed by atoms with Crippen LogP contribution in [0.25, 0.3) is 11.3 Å². The topological polar surface area (TPSA) is 48.9 Å². The Morgan fingerprint density at radius 1 is 1.03 bits per heavy atom. The summed E-state index contributed by atoms with van der Waals surface area (Å²) in [5.41, 5.74) is 6.16. The molecule has 7 heteroatoms. The highest BCUT2D eigenvalue weighted by molar-refractivity contribution is 7.14. The maximum absolute atomic E-state index is 13.0. The lowest BCUT2D eigenvalue weighted by Gasteiger charge is -2.32. The van der Waals surface area contributed by atoms with Crippen LogP contribution in [0.2, 0.25) is 0 Å². The number of anilines is 1. The van der Waals surface area contributed by atoms with Crippen LogP contribution in [0.3, 0.4) is 0 Å². The number of piperidine rings is 1. The molecule has 2 atom stereocenters. The van der Waals surface area contributed by atoms with Gasteiger partial charge in [0.1, 0.15) is 12.4 Å². The molecule has 1 saturated carbocycles. The third-order valence-electron chi connectivity index (χ3n) is 8.54. The van der Waals surface area contributed by atoms with E-state index in [1.165, 1.54) is 24.8 Å². The van der Waals surface area contributed by atoms with Crippen molar-refractivity contribution in [3.05, 3.63) is 64.0 Å². The zero-order valence-electron chi connectivity index (χ0n) is 22.8. The standard InChI is InChI=1S/C31H38N4O2S/c1-21-4-9-29(27(14-21)28-20-38-31(32-28)35-17-23-5-6-24(16-23)18-35)37-19-26-8-7-25(15-22(26)2)30(36)34-12-10-33(3)11-13-34/h4,7-9,14-15,20,23-24H,5-6,10-13,16-19H2,1-3H3/t23-,24?/m1/s1. The molecule has 3 heterocycles. The molecular formula is C31H38N4O2S. The van der Waals surface area contributed by atoms with Crippen LogP contribution in [0.4, 0.5) is 5.13 Å². The number of piperazine rings is 1. The zero-order chi connectivity index (χ0) is 26.2. The van der Waals surface area contributed by atoms with E-state index in [1.807, 2.05) is 23.1 Å². The molecule has 1 aromatic heterocycles. The van der Waals surface area contributed by atoms with E-state index in [9.17, 15) is 4.79 Å². The first-order chi connectivity index (χ1) is 18.4. The number of carbonyl (C=O) groups excluding carboxylic acids is 1. The summed E-state index contributed by atoms with van der Waals surface area (Å²) >= 11 is 1.75. The fourth-order valence-electron chi connectivity index (χ4n) is 6.21. The summed E-state index contributed by atoms with van der Waals surface area (Å²) in [5.74, 6) is 2.65. The molecule has 6 rings (SSSR count). The Kier molecular flexibility index (Phi) is 7.14. The predicted octanol–water partition coefficient (Wildman–Crippen LogP) is 5.63. The van der Waals surface area contributed by atoms with Gasteiger partial charge in [0.2, 0.25) is 0 Å². The number of ether oxygens (including phenoxy) is 1. The molecule has 2 aromatic carbocycles. The monoisotopic (exact) mass is 530 g/mol. The maximum atomic E-state index is 13.0. The summed E-state index contributed by atoms with van der Waals surface area (Å²) in [6, 6.07) is 12.3. The van der Waals surface area contributed by atoms with E-state index in [-0.39, 0.29) is 5.91 Å². The highest BCUT2D eigenvalue weighted by atomic mass is 32.1. The van der Waals surface area contributed by atoms with Crippen LogP contribution in [0, 0.1) is 25.7 Å². The van der Waals surface area contributed by atoms with Gasteiger partial charge in [-0.15, -0.1) is 11.3 Å². The summed E-state index contributed by atoms with van der Waals surface area (Å²) in [6.45, 7) is 10.3. The molecule has 6 nitrogen and oxygen atoms in total. The molecule has 3 aliphatic rings. The van der Waals surface area contributed by atoms with E-state index in [1.54, 1.807) is 11.3 Å². The van der Waals surface area contributed by atoms with E-state index >= 15 is 0 Å². The third kappa shape index (κ3) is 5.32. The maximum Gasteiger partial charge on any atom is 0.253 e. The van der Waals surface area contributed by atoms with Gasteiger partial charge in [-0.1, -0.05) is 17.7 Å². The van der Waals surface area contributed by atoms with Gasteiger partial charge in [0, 0.05) is 55.8 Å². The van der Waals surface area contributed by atoms with Gasteiger partial charge in [0.25, 0.3) is 5.91 Å². The number of fused-ring (bicyclic) bond motifs is 2. The van der Waals surface area contributed by atoms with Gasteiger partial charge in [0.05, 0.1) is 5.69 Å². The average Bonchev–Trinajstić information content (AvgIpc) is 3.55. The van der Waals surface area contributed by atoms with Crippen molar-refractivity contribution in [3.8, 4) is 17.0 Å². The molecule has 2 saturated heterocycles. The molecule has 38 heavy (non-hydrogen) atoms. The molecule has 0 spiro atoms. The van der Waals surface area contributed by atoms with Crippen molar-refractivity contribution in [2.75, 3.05) is 51.2 Å². The summed E-state index contributed by atoms with van der Waals surface area (Å²) in [7, 11) is 2.10. The van der Waals surface area contributed by atoms with Gasteiger partial charge in [-0.05, 0) is 87.4 Å². The van der Waals surface area contributed by atoms with Crippen LogP contribution in [0.5, 0.6) is 5.75 Å². The number of amides is 1. The fraction of sp³-hybridized carbons (Fsp3) is 0.484. The van der Waals surface area contributed by atoms with Gasteiger partial charge < -0.3 is 19.4 Å². The molecule has 1 amide bonds. The van der Waals surface area contributed by atoms with Crippen LogP contribution in [-0.4, -0.2) is 67.0 Å². The average molecular weight is 531 g/mol. The molecule has 2 bridgehead atoms. The normalized spacial score (nSPS) is 21.7. The number of aryl methyl sites for hydroxylation is 2. The van der Waals surface area contributed by atoms with E-state index < -0.39 is 0 Å². The zero-order valence-corrected chi connectivity index (χ0v) is 23.6. The van der Waals surface area contributed by atoms with E-state index in [2.05, 4.69) is 54.3 Å². The number of thiazole rings is 1. The van der Waals surface area contributed by atoms with Gasteiger partial charge in [-0.3, -0.25) is 4.79 Å². The SMILES string of the molecule is Cc1ccc(OCc2ccc(C(=O)N3CCN(C)CC3)cc2C)c(-c2csc(N3CC4CC[C@H](C4)C3)n2)c1. The van der Waals surface area contributed by atoms with Crippen molar-refractivity contribution in [1.82, 2.24) is 14.8 Å². The Hall–Kier alpha value is -2.90. The van der Waals surface area contributed by atoms with Crippen molar-refractivity contribution in [2.24, 2.45) is 11.8 Å². The highest BCUT2D eigenvalue weighted by Crippen LogP contribution is 2.40. The number of hydrogen-bond acceptors (Lipinski definition) is 6. The highest BCUT2D eigenvalue weighted by Gasteiger charge is 2.34. The third-order valence-corrected chi connectivity index (χ3v) is 9.45. The quantitative estimate of drug-likeness (QED) is 0.413. The number of likely N-dealkylation sites (N-methyl/N-ethyl adjacent to an activating group) is 1. The number of rotatable bonds is 6. The van der Waals surface area contributed by atoms with Crippen molar-refractivity contribution >= 4 is 22.4 Å². The van der Waals surface area contributed by atoms with Gasteiger partial charge in [-0.2, -0.15) is 0 Å². The summed E-state index contributed by atoms with van der Waals surface area (Å²) in [6.07, 6.45) is 4.15. The van der Waals surface area contributed by atoms with Crippen LogP contribution >= 0.6 is 11.3 Å². The van der Waals surface area contributed by atoms with Crippen LogP contribution in [0.1, 0.15) is 46.3 Å². The summed E-state index contributed by atoms with van der Waals surface area (Å²) in [5, 5.41) is 3.32. The van der Waals surface area contributed by atoms with Gasteiger partial charge in [0.15, 0.2) is 5.13 Å². The van der Waals surface area contributed by atoms with Crippen molar-refractivity contribution < 1.29 is 9.53 Å². The molecule has 0 radical (unpaired) electrons. The van der Waals surface area contributed by atoms with Gasteiger partial charge in [-0.25, -0.2) is 4.98 Å². The summed E-state index contributed by atoms with van der Waals surface area (Å²) in [4.78, 5) is 24.8. The lowest BCUT2D eigenvalue weighted by Crippen LogP contribution is -2.47. The Balaban J connectivity index is 1.15. The second-order valence-corrected chi connectivity index (χ2v) is 12.3. The van der Waals surface area contributed by atoms with E-state index in [4.69, 9.17) is 9.72 Å². The van der Waals surface area contributed by atoms with Crippen molar-refractivity contribution in [3.63, 3.8) is 0 Å². The molecule has 1 unspecified atom stereocenters. The lowest BCUT2D eigenvalue weighted by molar-refractivity contribution is 0.0664. The predicted molar refractivity (Wildman–Crippen MR) is 154 cm³/mol. The first kappa shape index (κ1) is 25.4. The summed E-state index contributed by atoms with van der Waals surface area (Å²) < 4.78 is 6.39. The Labute approximate surface area is 230 Å². The molecule has 2 aliphatic heterocycles. The Bertz CT molecular complexity index is 1300. The lowest BCUT2D eigenvalue weighted by atomic mass is 9.99. The molecule has 1 aliphatic carbocycles. The molecule has 200 valence electrons. The number of nitrogens with zero attached hydrogens (tertiary/aromatic N) is 4. The first-order valence-corrected chi connectivity index (χ1v) is 14.8. The number of carbonyl (C=O) groups is 1. The number of benzene rings is 2. The molecule has 3 fully saturated rings. The smallest absolute Gasteiger partial charge is 0.253 e. The van der Waals surface area contributed by atoms with Crippen molar-refractivity contribution in [2.45, 2.75) is 39.7 Å². The number of aromatic nitrogens is 1. The minimum Gasteiger partial charge on any atom is -0.488 e. The minimum atomic E-state index is 0.121. The first-order valence-electron chi connectivity index (χ1n) is 13.9. The fourth-order valence-corrected chi connectivity index (χ4v) is 7.05. The minimum absolute atomic E-state index is 0.121. The molecule has 0 N–H and O–H groups in total. The second-order valence-electron chi connectivity index (χ2n) is 11.5. The second kappa shape index (κ2) is 10.7. The van der Waals surface area contributed by atoms with E-state index in [0.29, 0.717) is 6.61 Å². The molecule has 3 aromatic rings.